The lowest BCUT2D eigenvalue weighted by Gasteiger charge is -2.28. The van der Waals surface area contributed by atoms with E-state index in [1.807, 2.05) is 30.3 Å². The highest BCUT2D eigenvalue weighted by atomic mass is 35.5. The molecule has 0 bridgehead atoms. The van der Waals surface area contributed by atoms with E-state index in [9.17, 15) is 0 Å². The number of hydrogen-bond donors (Lipinski definition) is 6. The van der Waals surface area contributed by atoms with Gasteiger partial charge in [0.2, 0.25) is 11.9 Å². The van der Waals surface area contributed by atoms with Crippen molar-refractivity contribution >= 4 is 41.4 Å². The molecule has 3 aromatic rings. The number of nitrogens with one attached hydrogen (secondary N) is 2. The summed E-state index contributed by atoms with van der Waals surface area (Å²) in [4.78, 5) is 17.1. The maximum absolute atomic E-state index is 4.96. The van der Waals surface area contributed by atoms with Crippen LogP contribution in [0.5, 0.6) is 0 Å². The van der Waals surface area contributed by atoms with Gasteiger partial charge in [-0.2, -0.15) is 15.0 Å². The zero-order valence-electron chi connectivity index (χ0n) is 21.9. The number of hydrogen-bond acceptors (Lipinski definition) is 10. The first kappa shape index (κ1) is 34.0. The molecule has 0 amide bonds. The smallest absolute Gasteiger partial charge is 0.232 e. The van der Waals surface area contributed by atoms with Crippen LogP contribution in [0.3, 0.4) is 0 Å². The fourth-order valence-corrected chi connectivity index (χ4v) is 4.71. The van der Waals surface area contributed by atoms with Gasteiger partial charge in [-0.15, -0.1) is 12.4 Å². The van der Waals surface area contributed by atoms with Gasteiger partial charge in [-0.05, 0) is 56.4 Å². The van der Waals surface area contributed by atoms with Crippen molar-refractivity contribution in [2.24, 2.45) is 0 Å². The fourth-order valence-electron chi connectivity index (χ4n) is 4.71. The van der Waals surface area contributed by atoms with Gasteiger partial charge < -0.3 is 40.1 Å². The lowest BCUT2D eigenvalue weighted by molar-refractivity contribution is 0.427. The molecule has 1 aliphatic heterocycles. The van der Waals surface area contributed by atoms with E-state index in [0.717, 1.165) is 41.9 Å². The van der Waals surface area contributed by atoms with Crippen LogP contribution in [-0.4, -0.2) is 28.0 Å². The quantitative estimate of drug-likeness (QED) is 0.175. The Bertz CT molecular complexity index is 1010. The second-order valence-electron chi connectivity index (χ2n) is 8.86. The van der Waals surface area contributed by atoms with E-state index in [-0.39, 0.29) is 42.7 Å². The van der Waals surface area contributed by atoms with Gasteiger partial charge in [0.25, 0.3) is 0 Å². The molecule has 1 aliphatic carbocycles. The molecule has 5 rings (SSSR count). The first-order chi connectivity index (χ1) is 15.8. The molecule has 0 radical (unpaired) electrons. The predicted molar refractivity (Wildman–Crippen MR) is 167 cm³/mol. The Kier molecular flexibility index (Phi) is 15.3. The molecule has 37 heavy (non-hydrogen) atoms. The summed E-state index contributed by atoms with van der Waals surface area (Å²) in [6.07, 6.45) is 9.91. The first-order valence-corrected chi connectivity index (χ1v) is 12.0. The van der Waals surface area contributed by atoms with Crippen LogP contribution in [0.2, 0.25) is 0 Å². The van der Waals surface area contributed by atoms with E-state index in [1.54, 1.807) is 0 Å². The Morgan fingerprint density at radius 1 is 0.649 bits per heavy atom. The Balaban J connectivity index is -0.000000480. The summed E-state index contributed by atoms with van der Waals surface area (Å²) < 4.78 is 0. The summed E-state index contributed by atoms with van der Waals surface area (Å²) >= 11 is 0. The topological polar surface area (TPSA) is 206 Å². The first-order valence-electron chi connectivity index (χ1n) is 12.0. The van der Waals surface area contributed by atoms with Crippen LogP contribution in [0, 0.1) is 0 Å². The van der Waals surface area contributed by atoms with Crippen molar-refractivity contribution in [3.8, 4) is 0 Å². The molecule has 1 saturated heterocycles. The third-order valence-corrected chi connectivity index (χ3v) is 6.48. The molecule has 14 N–H and O–H groups in total. The third-order valence-electron chi connectivity index (χ3n) is 6.48. The maximum Gasteiger partial charge on any atom is 0.232 e. The van der Waals surface area contributed by atoms with Crippen LogP contribution in [0.1, 0.15) is 68.8 Å². The molecule has 0 spiro atoms. The SMILES string of the molecule is Cl.N.N.N.N.[HH].[HH].[HH].[HH].c1ccc(Nc2ccccc2Nc2nc(C3CCCCC3)nc(N3CCCCC3)n2)cc1. The van der Waals surface area contributed by atoms with Crippen molar-refractivity contribution < 1.29 is 5.71 Å². The highest BCUT2D eigenvalue weighted by molar-refractivity contribution is 5.85. The number of para-hydroxylation sites is 3. The average molecular weight is 541 g/mol. The van der Waals surface area contributed by atoms with E-state index >= 15 is 0 Å². The van der Waals surface area contributed by atoms with Crippen molar-refractivity contribution in [2.75, 3.05) is 28.6 Å². The van der Waals surface area contributed by atoms with Gasteiger partial charge >= 0.3 is 0 Å². The van der Waals surface area contributed by atoms with Crippen LogP contribution >= 0.6 is 12.4 Å². The summed E-state index contributed by atoms with van der Waals surface area (Å²) in [7, 11) is 0. The number of rotatable bonds is 6. The molecule has 2 fully saturated rings. The normalized spacial score (nSPS) is 14.9. The number of piperidine rings is 1. The lowest BCUT2D eigenvalue weighted by Crippen LogP contribution is -2.31. The monoisotopic (exact) mass is 540 g/mol. The van der Waals surface area contributed by atoms with Gasteiger partial charge in [-0.1, -0.05) is 49.6 Å². The van der Waals surface area contributed by atoms with E-state index in [2.05, 4.69) is 39.8 Å². The molecule has 10 nitrogen and oxygen atoms in total. The van der Waals surface area contributed by atoms with Gasteiger partial charge in [0.05, 0.1) is 11.4 Å². The van der Waals surface area contributed by atoms with Crippen LogP contribution < -0.4 is 40.1 Å². The molecule has 2 aromatic carbocycles. The summed E-state index contributed by atoms with van der Waals surface area (Å²) in [6, 6.07) is 18.4. The number of aromatic nitrogens is 3. The number of halogens is 1. The van der Waals surface area contributed by atoms with Crippen molar-refractivity contribution in [1.29, 1.82) is 0 Å². The lowest BCUT2D eigenvalue weighted by atomic mass is 9.89. The average Bonchev–Trinajstić information content (AvgIpc) is 2.87. The Morgan fingerprint density at radius 3 is 1.86 bits per heavy atom. The number of benzene rings is 2. The van der Waals surface area contributed by atoms with E-state index in [4.69, 9.17) is 15.0 Å². The van der Waals surface area contributed by atoms with Crippen LogP contribution in [0.15, 0.2) is 54.6 Å². The largest absolute Gasteiger partial charge is 0.354 e. The number of anilines is 5. The molecule has 1 aromatic heterocycles. The Hall–Kier alpha value is -3.02. The van der Waals surface area contributed by atoms with Crippen molar-refractivity contribution in [3.05, 3.63) is 60.4 Å². The minimum atomic E-state index is 0. The van der Waals surface area contributed by atoms with Crippen molar-refractivity contribution in [3.63, 3.8) is 0 Å². The zero-order chi connectivity index (χ0) is 21.6. The molecular formula is C26H53ClN10. The molecule has 2 heterocycles. The van der Waals surface area contributed by atoms with Crippen molar-refractivity contribution in [2.45, 2.75) is 57.3 Å². The van der Waals surface area contributed by atoms with Crippen LogP contribution in [0.4, 0.5) is 29.0 Å². The molecule has 1 saturated carbocycles. The summed E-state index contributed by atoms with van der Waals surface area (Å²) in [5.41, 5.74) is 3.01. The third kappa shape index (κ3) is 8.80. The standard InChI is InChI=1S/C26H32N6.ClH.4H3N.4H2/c1-4-12-20(13-5-1)24-29-25(31-26(30-24)32-18-10-3-11-19-32)28-23-17-9-8-16-22(23)27-21-14-6-2-7-15-21;;;;;;;;;/h2,6-9,14-17,20,27H,1,3-5,10-13,18-19H2,(H,28,29,30,31);1H;4*1H3;4*1H. The highest BCUT2D eigenvalue weighted by Crippen LogP contribution is 2.33. The molecule has 0 unspecified atom stereocenters. The van der Waals surface area contributed by atoms with Gasteiger partial charge in [0, 0.05) is 30.4 Å². The zero-order valence-corrected chi connectivity index (χ0v) is 22.7. The summed E-state index contributed by atoms with van der Waals surface area (Å²) in [6.45, 7) is 2.05. The van der Waals surface area contributed by atoms with Gasteiger partial charge in [-0.25, -0.2) is 0 Å². The van der Waals surface area contributed by atoms with E-state index in [0.29, 0.717) is 11.9 Å². The second-order valence-corrected chi connectivity index (χ2v) is 8.86. The summed E-state index contributed by atoms with van der Waals surface area (Å²) in [5, 5.41) is 7.00. The second kappa shape index (κ2) is 16.7. The van der Waals surface area contributed by atoms with Crippen LogP contribution in [0.25, 0.3) is 0 Å². The van der Waals surface area contributed by atoms with Gasteiger partial charge in [0.1, 0.15) is 5.82 Å². The molecule has 11 heteroatoms. The highest BCUT2D eigenvalue weighted by Gasteiger charge is 2.23. The van der Waals surface area contributed by atoms with E-state index < -0.39 is 0 Å². The Labute approximate surface area is 233 Å². The predicted octanol–water partition coefficient (Wildman–Crippen LogP) is 8.45. The molecule has 2 aliphatic rings. The van der Waals surface area contributed by atoms with Gasteiger partial charge in [0.15, 0.2) is 0 Å². The minimum absolute atomic E-state index is 0. The molecule has 214 valence electrons. The van der Waals surface area contributed by atoms with Crippen molar-refractivity contribution in [1.82, 2.24) is 39.6 Å². The number of nitrogens with zero attached hydrogens (tertiary/aromatic N) is 4. The summed E-state index contributed by atoms with van der Waals surface area (Å²) in [5.74, 6) is 2.87. The Morgan fingerprint density at radius 2 is 1.22 bits per heavy atom. The maximum atomic E-state index is 4.96. The molecule has 0 atom stereocenters. The molecular weight excluding hydrogens is 488 g/mol. The van der Waals surface area contributed by atoms with Crippen LogP contribution in [-0.2, 0) is 0 Å². The van der Waals surface area contributed by atoms with Gasteiger partial charge in [-0.3, -0.25) is 0 Å². The fraction of sp³-hybridized carbons (Fsp3) is 0.423. The van der Waals surface area contributed by atoms with E-state index in [1.165, 1.54) is 51.4 Å². The minimum Gasteiger partial charge on any atom is -0.354 e.